The van der Waals surface area contributed by atoms with Crippen molar-refractivity contribution in [2.45, 2.75) is 32.2 Å². The van der Waals surface area contributed by atoms with Crippen molar-refractivity contribution >= 4 is 10.2 Å². The maximum atomic E-state index is 12.2. The van der Waals surface area contributed by atoms with Gasteiger partial charge in [0, 0.05) is 26.7 Å². The predicted octanol–water partition coefficient (Wildman–Crippen LogP) is 0.257. The Kier molecular flexibility index (Phi) is 5.17. The van der Waals surface area contributed by atoms with Gasteiger partial charge in [-0.2, -0.15) is 17.0 Å². The van der Waals surface area contributed by atoms with Gasteiger partial charge in [-0.05, 0) is 32.4 Å². The summed E-state index contributed by atoms with van der Waals surface area (Å²) < 4.78 is 27.3. The number of piperidine rings is 1. The Bertz CT molecular complexity index is 297. The van der Waals surface area contributed by atoms with Crippen molar-refractivity contribution in [2.75, 3.05) is 33.7 Å². The molecule has 96 valence electrons. The third kappa shape index (κ3) is 3.16. The molecular formula is C10H23N3O2S. The Labute approximate surface area is 99.0 Å². The minimum Gasteiger partial charge on any atom is -0.317 e. The third-order valence-corrected chi connectivity index (χ3v) is 4.91. The minimum atomic E-state index is -3.26. The molecule has 1 N–H and O–H groups in total. The molecule has 0 saturated carbocycles. The highest BCUT2D eigenvalue weighted by Gasteiger charge is 2.31. The average Bonchev–Trinajstić information content (AvgIpc) is 2.26. The van der Waals surface area contributed by atoms with E-state index in [9.17, 15) is 8.42 Å². The molecule has 6 heteroatoms. The molecular weight excluding hydrogens is 226 g/mol. The Morgan fingerprint density at radius 2 is 1.81 bits per heavy atom. The van der Waals surface area contributed by atoms with Crippen LogP contribution in [0.2, 0.25) is 0 Å². The molecule has 1 aliphatic heterocycles. The van der Waals surface area contributed by atoms with Gasteiger partial charge in [0.25, 0.3) is 10.2 Å². The van der Waals surface area contributed by atoms with Gasteiger partial charge in [-0.25, -0.2) is 0 Å². The Morgan fingerprint density at radius 3 is 2.25 bits per heavy atom. The molecule has 0 aromatic heterocycles. The Hall–Kier alpha value is -0.170. The zero-order chi connectivity index (χ0) is 12.2. The van der Waals surface area contributed by atoms with E-state index >= 15 is 0 Å². The molecule has 16 heavy (non-hydrogen) atoms. The largest absolute Gasteiger partial charge is 0.317 e. The molecule has 0 bridgehead atoms. The van der Waals surface area contributed by atoms with Gasteiger partial charge >= 0.3 is 0 Å². The maximum absolute atomic E-state index is 12.2. The number of hydrogen-bond donors (Lipinski definition) is 1. The van der Waals surface area contributed by atoms with E-state index in [4.69, 9.17) is 0 Å². The molecule has 5 nitrogen and oxygen atoms in total. The van der Waals surface area contributed by atoms with Crippen molar-refractivity contribution in [3.63, 3.8) is 0 Å². The van der Waals surface area contributed by atoms with Gasteiger partial charge in [-0.3, -0.25) is 0 Å². The van der Waals surface area contributed by atoms with Crippen molar-refractivity contribution in [3.05, 3.63) is 0 Å². The molecule has 1 rings (SSSR count). The number of nitrogens with zero attached hydrogens (tertiary/aromatic N) is 2. The van der Waals surface area contributed by atoms with E-state index in [1.165, 1.54) is 4.31 Å². The second kappa shape index (κ2) is 5.95. The molecule has 0 spiro atoms. The summed E-state index contributed by atoms with van der Waals surface area (Å²) in [5, 5.41) is 3.26. The standard InChI is InChI=1S/C10H23N3O2S/c1-4-9-13(16(14,15)12(2)3)10-5-7-11-8-6-10/h10-11H,4-9H2,1-3H3. The lowest BCUT2D eigenvalue weighted by Gasteiger charge is -2.35. The summed E-state index contributed by atoms with van der Waals surface area (Å²) in [6.45, 7) is 4.45. The summed E-state index contributed by atoms with van der Waals surface area (Å²) in [6, 6.07) is 0.161. The second-order valence-electron chi connectivity index (χ2n) is 4.38. The first-order valence-electron chi connectivity index (χ1n) is 5.90. The third-order valence-electron chi connectivity index (χ3n) is 2.92. The lowest BCUT2D eigenvalue weighted by Crippen LogP contribution is -2.50. The summed E-state index contributed by atoms with van der Waals surface area (Å²) in [5.41, 5.74) is 0. The molecule has 0 radical (unpaired) electrons. The summed E-state index contributed by atoms with van der Waals surface area (Å²) in [5.74, 6) is 0. The van der Waals surface area contributed by atoms with Crippen LogP contribution in [-0.4, -0.2) is 56.8 Å². The monoisotopic (exact) mass is 249 g/mol. The van der Waals surface area contributed by atoms with Gasteiger partial charge in [0.15, 0.2) is 0 Å². The fourth-order valence-electron chi connectivity index (χ4n) is 2.01. The van der Waals surface area contributed by atoms with Crippen LogP contribution in [0, 0.1) is 0 Å². The molecule has 1 aliphatic rings. The minimum absolute atomic E-state index is 0.161. The molecule has 0 aromatic carbocycles. The summed E-state index contributed by atoms with van der Waals surface area (Å²) in [7, 11) is -0.0693. The fraction of sp³-hybridized carbons (Fsp3) is 1.00. The van der Waals surface area contributed by atoms with Gasteiger partial charge in [0.1, 0.15) is 0 Å². The smallest absolute Gasteiger partial charge is 0.281 e. The highest BCUT2D eigenvalue weighted by molar-refractivity contribution is 7.86. The van der Waals surface area contributed by atoms with Gasteiger partial charge in [-0.15, -0.1) is 0 Å². The highest BCUT2D eigenvalue weighted by Crippen LogP contribution is 2.17. The van der Waals surface area contributed by atoms with Crippen molar-refractivity contribution in [2.24, 2.45) is 0 Å². The SMILES string of the molecule is CCCN(C1CCNCC1)S(=O)(=O)N(C)C. The van der Waals surface area contributed by atoms with Gasteiger partial charge in [0.2, 0.25) is 0 Å². The van der Waals surface area contributed by atoms with Crippen LogP contribution in [0.4, 0.5) is 0 Å². The van der Waals surface area contributed by atoms with Crippen molar-refractivity contribution in [1.82, 2.24) is 13.9 Å². The Morgan fingerprint density at radius 1 is 1.25 bits per heavy atom. The molecule has 1 heterocycles. The van der Waals surface area contributed by atoms with E-state index in [1.807, 2.05) is 6.92 Å². The molecule has 0 unspecified atom stereocenters. The predicted molar refractivity (Wildman–Crippen MR) is 65.5 cm³/mol. The molecule has 0 aliphatic carbocycles. The van der Waals surface area contributed by atoms with Crippen LogP contribution >= 0.6 is 0 Å². The number of nitrogens with one attached hydrogen (secondary N) is 1. The summed E-state index contributed by atoms with van der Waals surface area (Å²) in [4.78, 5) is 0. The summed E-state index contributed by atoms with van der Waals surface area (Å²) >= 11 is 0. The van der Waals surface area contributed by atoms with Crippen LogP contribution in [-0.2, 0) is 10.2 Å². The normalized spacial score (nSPS) is 19.6. The molecule has 0 atom stereocenters. The first-order valence-corrected chi connectivity index (χ1v) is 7.30. The van der Waals surface area contributed by atoms with Crippen LogP contribution in [0.3, 0.4) is 0 Å². The van der Waals surface area contributed by atoms with E-state index in [-0.39, 0.29) is 6.04 Å². The summed E-state index contributed by atoms with van der Waals surface area (Å²) in [6.07, 6.45) is 2.68. The van der Waals surface area contributed by atoms with Gasteiger partial charge < -0.3 is 5.32 Å². The average molecular weight is 249 g/mol. The fourth-order valence-corrected chi connectivity index (χ4v) is 3.43. The van der Waals surface area contributed by atoms with E-state index < -0.39 is 10.2 Å². The van der Waals surface area contributed by atoms with Crippen LogP contribution in [0.15, 0.2) is 0 Å². The van der Waals surface area contributed by atoms with Crippen LogP contribution in [0.25, 0.3) is 0 Å². The lowest BCUT2D eigenvalue weighted by molar-refractivity contribution is 0.250. The number of rotatable bonds is 5. The molecule has 0 amide bonds. The lowest BCUT2D eigenvalue weighted by atomic mass is 10.1. The van der Waals surface area contributed by atoms with Crippen LogP contribution < -0.4 is 5.32 Å². The maximum Gasteiger partial charge on any atom is 0.281 e. The van der Waals surface area contributed by atoms with Crippen molar-refractivity contribution in [3.8, 4) is 0 Å². The van der Waals surface area contributed by atoms with E-state index in [0.717, 1.165) is 32.4 Å². The van der Waals surface area contributed by atoms with E-state index in [2.05, 4.69) is 5.32 Å². The molecule has 1 fully saturated rings. The zero-order valence-electron chi connectivity index (χ0n) is 10.4. The molecule has 0 aromatic rings. The zero-order valence-corrected chi connectivity index (χ0v) is 11.3. The van der Waals surface area contributed by atoms with Gasteiger partial charge in [-0.1, -0.05) is 6.92 Å². The topological polar surface area (TPSA) is 52.7 Å². The van der Waals surface area contributed by atoms with E-state index in [1.54, 1.807) is 18.4 Å². The number of hydrogen-bond acceptors (Lipinski definition) is 3. The van der Waals surface area contributed by atoms with Crippen molar-refractivity contribution < 1.29 is 8.42 Å². The van der Waals surface area contributed by atoms with Crippen LogP contribution in [0.5, 0.6) is 0 Å². The van der Waals surface area contributed by atoms with Gasteiger partial charge in [0.05, 0.1) is 0 Å². The quantitative estimate of drug-likeness (QED) is 0.760. The second-order valence-corrected chi connectivity index (χ2v) is 6.48. The van der Waals surface area contributed by atoms with E-state index in [0.29, 0.717) is 6.54 Å². The molecule has 1 saturated heterocycles. The van der Waals surface area contributed by atoms with Crippen LogP contribution in [0.1, 0.15) is 26.2 Å². The first kappa shape index (κ1) is 13.9. The highest BCUT2D eigenvalue weighted by atomic mass is 32.2. The Balaban J connectivity index is 2.80. The van der Waals surface area contributed by atoms with Crippen molar-refractivity contribution in [1.29, 1.82) is 0 Å². The first-order chi connectivity index (χ1) is 7.50.